The van der Waals surface area contributed by atoms with Crippen LogP contribution in [0.2, 0.25) is 0 Å². The molecule has 0 aliphatic carbocycles. The van der Waals surface area contributed by atoms with E-state index in [9.17, 15) is 0 Å². The van der Waals surface area contributed by atoms with Crippen LogP contribution in [0.1, 0.15) is 22.3 Å². The SMILES string of the molecule is Cc1ccc(N(C)c2ccc(C)c(C)c2)cc1C. The van der Waals surface area contributed by atoms with Crippen molar-refractivity contribution in [1.29, 1.82) is 0 Å². The van der Waals surface area contributed by atoms with Gasteiger partial charge in [-0.25, -0.2) is 0 Å². The van der Waals surface area contributed by atoms with Gasteiger partial charge in [0.05, 0.1) is 0 Å². The third-order valence-electron chi connectivity index (χ3n) is 3.76. The van der Waals surface area contributed by atoms with E-state index >= 15 is 0 Å². The highest BCUT2D eigenvalue weighted by molar-refractivity contribution is 5.64. The largest absolute Gasteiger partial charge is 0.345 e. The van der Waals surface area contributed by atoms with Crippen LogP contribution in [0.15, 0.2) is 36.4 Å². The van der Waals surface area contributed by atoms with Crippen molar-refractivity contribution in [1.82, 2.24) is 0 Å². The Morgan fingerprint density at radius 3 is 1.33 bits per heavy atom. The Hall–Kier alpha value is -1.76. The average molecular weight is 239 g/mol. The Labute approximate surface area is 110 Å². The van der Waals surface area contributed by atoms with Crippen LogP contribution in [-0.4, -0.2) is 7.05 Å². The maximum atomic E-state index is 2.24. The smallest absolute Gasteiger partial charge is 0.0410 e. The van der Waals surface area contributed by atoms with Gasteiger partial charge in [0.25, 0.3) is 0 Å². The van der Waals surface area contributed by atoms with Crippen LogP contribution in [-0.2, 0) is 0 Å². The van der Waals surface area contributed by atoms with Gasteiger partial charge >= 0.3 is 0 Å². The van der Waals surface area contributed by atoms with Crippen molar-refractivity contribution in [2.75, 3.05) is 11.9 Å². The second-order valence-corrected chi connectivity index (χ2v) is 5.10. The third-order valence-corrected chi connectivity index (χ3v) is 3.76. The molecule has 0 aliphatic heterocycles. The molecule has 0 aliphatic rings. The lowest BCUT2D eigenvalue weighted by molar-refractivity contribution is 1.18. The van der Waals surface area contributed by atoms with Crippen molar-refractivity contribution in [3.8, 4) is 0 Å². The van der Waals surface area contributed by atoms with Crippen LogP contribution in [0, 0.1) is 27.7 Å². The number of hydrogen-bond donors (Lipinski definition) is 0. The first kappa shape index (κ1) is 12.7. The van der Waals surface area contributed by atoms with E-state index in [1.807, 2.05) is 0 Å². The summed E-state index contributed by atoms with van der Waals surface area (Å²) in [6.45, 7) is 8.62. The summed E-state index contributed by atoms with van der Waals surface area (Å²) < 4.78 is 0. The van der Waals surface area contributed by atoms with Gasteiger partial charge in [-0.1, -0.05) is 12.1 Å². The Morgan fingerprint density at radius 1 is 0.611 bits per heavy atom. The van der Waals surface area contributed by atoms with E-state index in [4.69, 9.17) is 0 Å². The van der Waals surface area contributed by atoms with Crippen molar-refractivity contribution in [3.05, 3.63) is 58.7 Å². The van der Waals surface area contributed by atoms with Crippen LogP contribution in [0.25, 0.3) is 0 Å². The Bertz CT molecular complexity index is 518. The van der Waals surface area contributed by atoms with Crippen molar-refractivity contribution in [2.45, 2.75) is 27.7 Å². The van der Waals surface area contributed by atoms with E-state index in [1.54, 1.807) is 0 Å². The van der Waals surface area contributed by atoms with Gasteiger partial charge in [-0.2, -0.15) is 0 Å². The fourth-order valence-corrected chi connectivity index (χ4v) is 2.02. The average Bonchev–Trinajstić information content (AvgIpc) is 2.35. The molecule has 1 nitrogen and oxygen atoms in total. The molecule has 2 rings (SSSR count). The number of benzene rings is 2. The third kappa shape index (κ3) is 2.40. The van der Waals surface area contributed by atoms with Crippen molar-refractivity contribution in [3.63, 3.8) is 0 Å². The number of nitrogens with zero attached hydrogens (tertiary/aromatic N) is 1. The van der Waals surface area contributed by atoms with Gasteiger partial charge in [0.15, 0.2) is 0 Å². The summed E-state index contributed by atoms with van der Waals surface area (Å²) >= 11 is 0. The van der Waals surface area contributed by atoms with E-state index in [1.165, 1.54) is 33.6 Å². The Morgan fingerprint density at radius 2 is 1.00 bits per heavy atom. The Balaban J connectivity index is 2.37. The van der Waals surface area contributed by atoms with Gasteiger partial charge in [-0.15, -0.1) is 0 Å². The molecule has 0 amide bonds. The van der Waals surface area contributed by atoms with Crippen molar-refractivity contribution >= 4 is 11.4 Å². The molecule has 1 heteroatoms. The summed E-state index contributed by atoms with van der Waals surface area (Å²) in [5.41, 5.74) is 7.83. The minimum absolute atomic E-state index is 1.24. The van der Waals surface area contributed by atoms with Gasteiger partial charge in [-0.05, 0) is 74.2 Å². The highest BCUT2D eigenvalue weighted by Gasteiger charge is 2.06. The lowest BCUT2D eigenvalue weighted by atomic mass is 10.1. The molecule has 94 valence electrons. The fraction of sp³-hybridized carbons (Fsp3) is 0.294. The van der Waals surface area contributed by atoms with Crippen LogP contribution in [0.4, 0.5) is 11.4 Å². The minimum Gasteiger partial charge on any atom is -0.345 e. The monoisotopic (exact) mass is 239 g/mol. The molecule has 2 aromatic rings. The molecular weight excluding hydrogens is 218 g/mol. The summed E-state index contributed by atoms with van der Waals surface area (Å²) in [7, 11) is 2.12. The van der Waals surface area contributed by atoms with Crippen LogP contribution in [0.3, 0.4) is 0 Å². The summed E-state index contributed by atoms with van der Waals surface area (Å²) in [6, 6.07) is 13.2. The molecule has 0 bridgehead atoms. The van der Waals surface area contributed by atoms with E-state index in [2.05, 4.69) is 76.0 Å². The van der Waals surface area contributed by atoms with Gasteiger partial charge in [0.2, 0.25) is 0 Å². The van der Waals surface area contributed by atoms with E-state index < -0.39 is 0 Å². The first-order chi connectivity index (χ1) is 8.49. The lowest BCUT2D eigenvalue weighted by Crippen LogP contribution is -2.10. The topological polar surface area (TPSA) is 3.24 Å². The Kier molecular flexibility index (Phi) is 3.42. The molecule has 0 fully saturated rings. The summed E-state index contributed by atoms with van der Waals surface area (Å²) in [5.74, 6) is 0. The van der Waals surface area contributed by atoms with Crippen LogP contribution >= 0.6 is 0 Å². The fourth-order valence-electron chi connectivity index (χ4n) is 2.02. The normalized spacial score (nSPS) is 10.5. The number of anilines is 2. The van der Waals surface area contributed by atoms with Gasteiger partial charge in [-0.3, -0.25) is 0 Å². The van der Waals surface area contributed by atoms with E-state index in [-0.39, 0.29) is 0 Å². The maximum absolute atomic E-state index is 2.24. The molecule has 0 N–H and O–H groups in total. The number of aryl methyl sites for hydroxylation is 4. The molecule has 2 aromatic carbocycles. The lowest BCUT2D eigenvalue weighted by Gasteiger charge is -2.21. The van der Waals surface area contributed by atoms with E-state index in [0.717, 1.165) is 0 Å². The second kappa shape index (κ2) is 4.85. The van der Waals surface area contributed by atoms with E-state index in [0.29, 0.717) is 0 Å². The summed E-state index contributed by atoms with van der Waals surface area (Å²) in [5, 5.41) is 0. The summed E-state index contributed by atoms with van der Waals surface area (Å²) in [6.07, 6.45) is 0. The molecule has 0 atom stereocenters. The van der Waals surface area contributed by atoms with Crippen molar-refractivity contribution in [2.24, 2.45) is 0 Å². The van der Waals surface area contributed by atoms with Crippen LogP contribution in [0.5, 0.6) is 0 Å². The number of rotatable bonds is 2. The number of hydrogen-bond acceptors (Lipinski definition) is 1. The zero-order valence-electron chi connectivity index (χ0n) is 11.9. The molecule has 0 heterocycles. The molecule has 0 spiro atoms. The van der Waals surface area contributed by atoms with Gasteiger partial charge in [0.1, 0.15) is 0 Å². The highest BCUT2D eigenvalue weighted by atomic mass is 15.1. The summed E-state index contributed by atoms with van der Waals surface area (Å²) in [4.78, 5) is 2.24. The van der Waals surface area contributed by atoms with Crippen LogP contribution < -0.4 is 4.90 Å². The molecule has 0 radical (unpaired) electrons. The quantitative estimate of drug-likeness (QED) is 0.735. The highest BCUT2D eigenvalue weighted by Crippen LogP contribution is 2.26. The molecule has 0 saturated carbocycles. The van der Waals surface area contributed by atoms with Crippen molar-refractivity contribution < 1.29 is 0 Å². The predicted molar refractivity (Wildman–Crippen MR) is 79.9 cm³/mol. The molecule has 18 heavy (non-hydrogen) atoms. The molecular formula is C17H21N. The van der Waals surface area contributed by atoms with Gasteiger partial charge < -0.3 is 4.90 Å². The maximum Gasteiger partial charge on any atom is 0.0410 e. The molecule has 0 aromatic heterocycles. The molecule has 0 saturated heterocycles. The zero-order valence-corrected chi connectivity index (χ0v) is 11.9. The minimum atomic E-state index is 1.24. The zero-order chi connectivity index (χ0) is 13.3. The first-order valence-electron chi connectivity index (χ1n) is 6.37. The molecule has 0 unspecified atom stereocenters. The van der Waals surface area contributed by atoms with Gasteiger partial charge in [0, 0.05) is 18.4 Å². The predicted octanol–water partition coefficient (Wildman–Crippen LogP) is 4.69. The standard InChI is InChI=1S/C17H21N/c1-12-6-8-16(10-14(12)3)18(5)17-9-7-13(2)15(4)11-17/h6-11H,1-5H3. The second-order valence-electron chi connectivity index (χ2n) is 5.10. The first-order valence-corrected chi connectivity index (χ1v) is 6.37.